The van der Waals surface area contributed by atoms with Crippen molar-refractivity contribution in [3.05, 3.63) is 24.3 Å². The molecule has 0 aliphatic heterocycles. The zero-order valence-electron chi connectivity index (χ0n) is 17.0. The van der Waals surface area contributed by atoms with Crippen molar-refractivity contribution in [3.8, 4) is 0 Å². The predicted molar refractivity (Wildman–Crippen MR) is 119 cm³/mol. The summed E-state index contributed by atoms with van der Waals surface area (Å²) in [5.41, 5.74) is 0.649. The second-order valence-corrected chi connectivity index (χ2v) is 10.6. The normalized spacial score (nSPS) is 18.7. The number of thiocarbonyl (C=S) groups is 1. The Hall–Kier alpha value is -1.51. The number of anilines is 1. The summed E-state index contributed by atoms with van der Waals surface area (Å²) < 4.78 is 27.3. The van der Waals surface area contributed by atoms with E-state index in [4.69, 9.17) is 12.2 Å². The monoisotopic (exact) mass is 437 g/mol. The van der Waals surface area contributed by atoms with Gasteiger partial charge in [-0.15, -0.1) is 0 Å². The van der Waals surface area contributed by atoms with Gasteiger partial charge >= 0.3 is 0 Å². The summed E-state index contributed by atoms with van der Waals surface area (Å²) in [5.74, 6) is 0.395. The van der Waals surface area contributed by atoms with Gasteiger partial charge in [-0.25, -0.2) is 8.42 Å². The highest BCUT2D eigenvalue weighted by Crippen LogP contribution is 2.28. The van der Waals surface area contributed by atoms with E-state index in [0.29, 0.717) is 18.0 Å². The first kappa shape index (κ1) is 22.2. The van der Waals surface area contributed by atoms with Gasteiger partial charge in [-0.2, -0.15) is 4.31 Å². The molecule has 6 nitrogen and oxygen atoms in total. The lowest BCUT2D eigenvalue weighted by atomic mass is 9.96. The lowest BCUT2D eigenvalue weighted by molar-refractivity contribution is -0.120. The van der Waals surface area contributed by atoms with Crippen LogP contribution in [0, 0.1) is 5.92 Å². The Kier molecular flexibility index (Phi) is 7.65. The summed E-state index contributed by atoms with van der Waals surface area (Å²) in [5, 5.41) is 5.92. The molecule has 0 aromatic heterocycles. The zero-order chi connectivity index (χ0) is 20.9. The molecule has 0 saturated heterocycles. The highest BCUT2D eigenvalue weighted by atomic mass is 32.2. The van der Waals surface area contributed by atoms with Crippen LogP contribution >= 0.6 is 12.2 Å². The van der Waals surface area contributed by atoms with Crippen molar-refractivity contribution >= 4 is 38.9 Å². The summed E-state index contributed by atoms with van der Waals surface area (Å²) in [4.78, 5) is 12.4. The Morgan fingerprint density at radius 1 is 1.03 bits per heavy atom. The first-order valence-electron chi connectivity index (χ1n) is 10.5. The van der Waals surface area contributed by atoms with E-state index in [0.717, 1.165) is 38.5 Å². The van der Waals surface area contributed by atoms with Crippen molar-refractivity contribution in [2.75, 3.05) is 12.4 Å². The van der Waals surface area contributed by atoms with E-state index in [9.17, 15) is 13.2 Å². The van der Waals surface area contributed by atoms with E-state index in [1.807, 2.05) is 0 Å². The number of amides is 1. The first-order chi connectivity index (χ1) is 13.9. The summed E-state index contributed by atoms with van der Waals surface area (Å²) in [6, 6.07) is 6.60. The average Bonchev–Trinajstić information content (AvgIpc) is 3.21. The molecule has 8 heteroatoms. The molecule has 0 spiro atoms. The molecule has 0 bridgehead atoms. The average molecular weight is 438 g/mol. The fourth-order valence-electron chi connectivity index (χ4n) is 4.33. The van der Waals surface area contributed by atoms with Crippen molar-refractivity contribution in [3.63, 3.8) is 0 Å². The number of hydrogen-bond acceptors (Lipinski definition) is 4. The minimum absolute atomic E-state index is 0.0669. The van der Waals surface area contributed by atoms with Crippen LogP contribution in [0.5, 0.6) is 0 Å². The maximum Gasteiger partial charge on any atom is 0.243 e. The van der Waals surface area contributed by atoms with E-state index < -0.39 is 10.0 Å². The molecular formula is C21H31N3O3S2. The van der Waals surface area contributed by atoms with Crippen LogP contribution in [0.25, 0.3) is 0 Å². The van der Waals surface area contributed by atoms with Gasteiger partial charge in [0.05, 0.1) is 4.90 Å². The second-order valence-electron chi connectivity index (χ2n) is 8.19. The van der Waals surface area contributed by atoms with Gasteiger partial charge in [0.25, 0.3) is 0 Å². The molecule has 160 valence electrons. The molecule has 2 saturated carbocycles. The molecule has 0 unspecified atom stereocenters. The van der Waals surface area contributed by atoms with Crippen LogP contribution in [-0.2, 0) is 14.8 Å². The van der Waals surface area contributed by atoms with Crippen molar-refractivity contribution in [1.82, 2.24) is 9.62 Å². The van der Waals surface area contributed by atoms with Crippen molar-refractivity contribution < 1.29 is 13.2 Å². The van der Waals surface area contributed by atoms with E-state index in [1.165, 1.54) is 23.6 Å². The lowest BCUT2D eigenvalue weighted by Gasteiger charge is -2.30. The number of nitrogens with one attached hydrogen (secondary N) is 2. The van der Waals surface area contributed by atoms with Crippen molar-refractivity contribution in [1.29, 1.82) is 0 Å². The third-order valence-electron chi connectivity index (χ3n) is 6.08. The van der Waals surface area contributed by atoms with Crippen LogP contribution in [-0.4, -0.2) is 36.8 Å². The standard InChI is InChI=1S/C21H31N3O3S2/c1-24(18-9-3-2-4-10-18)29(26,27)19-13-11-17(12-14-19)22-21(28)23-20(25)15-16-7-5-6-8-16/h11-14,16,18H,2-10,15H2,1H3,(H2,22,23,25,28). The third-order valence-corrected chi connectivity index (χ3v) is 8.21. The molecule has 1 aromatic rings. The maximum absolute atomic E-state index is 12.9. The topological polar surface area (TPSA) is 78.5 Å². The Bertz CT molecular complexity index is 812. The molecule has 0 atom stereocenters. The van der Waals surface area contributed by atoms with Crippen LogP contribution in [0.2, 0.25) is 0 Å². The number of hydrogen-bond donors (Lipinski definition) is 2. The Balaban J connectivity index is 1.54. The summed E-state index contributed by atoms with van der Waals surface area (Å²) in [6.07, 6.45) is 10.3. The predicted octanol–water partition coefficient (Wildman–Crippen LogP) is 4.03. The van der Waals surface area contributed by atoms with Crippen LogP contribution in [0.1, 0.15) is 64.2 Å². The van der Waals surface area contributed by atoms with Crippen molar-refractivity contribution in [2.24, 2.45) is 5.92 Å². The number of nitrogens with zero attached hydrogens (tertiary/aromatic N) is 1. The summed E-state index contributed by atoms with van der Waals surface area (Å²) in [7, 11) is -1.84. The number of rotatable bonds is 6. The van der Waals surface area contributed by atoms with Gasteiger partial charge in [-0.1, -0.05) is 32.1 Å². The molecule has 2 N–H and O–H groups in total. The van der Waals surface area contributed by atoms with Crippen LogP contribution in [0.4, 0.5) is 5.69 Å². The van der Waals surface area contributed by atoms with Gasteiger partial charge in [0, 0.05) is 25.2 Å². The lowest BCUT2D eigenvalue weighted by Crippen LogP contribution is -2.38. The molecule has 2 aliphatic carbocycles. The molecule has 1 amide bonds. The fourth-order valence-corrected chi connectivity index (χ4v) is 5.98. The molecule has 1 aromatic carbocycles. The van der Waals surface area contributed by atoms with Gasteiger partial charge in [0.2, 0.25) is 15.9 Å². The minimum atomic E-state index is -3.51. The summed E-state index contributed by atoms with van der Waals surface area (Å²) >= 11 is 5.22. The van der Waals surface area contributed by atoms with E-state index in [1.54, 1.807) is 31.3 Å². The molecule has 29 heavy (non-hydrogen) atoms. The number of carbonyl (C=O) groups is 1. The largest absolute Gasteiger partial charge is 0.332 e. The van der Waals surface area contributed by atoms with Crippen LogP contribution < -0.4 is 10.6 Å². The van der Waals surface area contributed by atoms with Gasteiger partial charge in [-0.3, -0.25) is 4.79 Å². The van der Waals surface area contributed by atoms with Gasteiger partial charge in [0.15, 0.2) is 5.11 Å². The summed E-state index contributed by atoms with van der Waals surface area (Å²) in [6.45, 7) is 0. The molecular weight excluding hydrogens is 406 g/mol. The highest BCUT2D eigenvalue weighted by Gasteiger charge is 2.29. The van der Waals surface area contributed by atoms with Crippen LogP contribution in [0.3, 0.4) is 0 Å². The van der Waals surface area contributed by atoms with Crippen molar-refractivity contribution in [2.45, 2.75) is 75.1 Å². The van der Waals surface area contributed by atoms with Crippen LogP contribution in [0.15, 0.2) is 29.2 Å². The number of carbonyl (C=O) groups excluding carboxylic acids is 1. The quantitative estimate of drug-likeness (QED) is 0.657. The second kappa shape index (κ2) is 10.00. The molecule has 3 rings (SSSR count). The van der Waals surface area contributed by atoms with Gasteiger partial charge in [-0.05, 0) is 68.1 Å². The van der Waals surface area contributed by atoms with Gasteiger partial charge in [0.1, 0.15) is 0 Å². The van der Waals surface area contributed by atoms with Gasteiger partial charge < -0.3 is 10.6 Å². The maximum atomic E-state index is 12.9. The highest BCUT2D eigenvalue weighted by molar-refractivity contribution is 7.89. The number of benzene rings is 1. The first-order valence-corrected chi connectivity index (χ1v) is 12.4. The fraction of sp³-hybridized carbons (Fsp3) is 0.619. The Morgan fingerprint density at radius 2 is 1.62 bits per heavy atom. The molecule has 0 radical (unpaired) electrons. The van der Waals surface area contributed by atoms with E-state index >= 15 is 0 Å². The minimum Gasteiger partial charge on any atom is -0.332 e. The van der Waals surface area contributed by atoms with E-state index in [-0.39, 0.29) is 22.0 Å². The smallest absolute Gasteiger partial charge is 0.243 e. The number of sulfonamides is 1. The Morgan fingerprint density at radius 3 is 2.24 bits per heavy atom. The van der Waals surface area contributed by atoms with E-state index in [2.05, 4.69) is 10.6 Å². The Labute approximate surface area is 179 Å². The third kappa shape index (κ3) is 5.99. The zero-order valence-corrected chi connectivity index (χ0v) is 18.7. The molecule has 2 fully saturated rings. The molecule has 0 heterocycles. The molecule has 2 aliphatic rings. The SMILES string of the molecule is CN(C1CCCCC1)S(=O)(=O)c1ccc(NC(=S)NC(=O)CC2CCCC2)cc1.